The second kappa shape index (κ2) is 7.53. The van der Waals surface area contributed by atoms with Gasteiger partial charge in [-0.1, -0.05) is 6.92 Å². The van der Waals surface area contributed by atoms with Gasteiger partial charge in [-0.05, 0) is 39.4 Å². The molecule has 0 saturated heterocycles. The summed E-state index contributed by atoms with van der Waals surface area (Å²) in [7, 11) is 0. The number of aliphatic hydroxyl groups excluding tert-OH is 1. The first-order valence-electron chi connectivity index (χ1n) is 4.81. The Labute approximate surface area is 75.6 Å². The molecule has 0 aliphatic rings. The van der Waals surface area contributed by atoms with Gasteiger partial charge in [-0.3, -0.25) is 0 Å². The molecule has 3 heteroatoms. The Morgan fingerprint density at radius 3 is 2.50 bits per heavy atom. The van der Waals surface area contributed by atoms with Crippen LogP contribution in [0.25, 0.3) is 0 Å². The summed E-state index contributed by atoms with van der Waals surface area (Å²) in [5, 5.41) is 9.18. The van der Waals surface area contributed by atoms with Crippen molar-refractivity contribution < 1.29 is 5.11 Å². The lowest BCUT2D eigenvalue weighted by Gasteiger charge is -2.22. The highest BCUT2D eigenvalue weighted by Gasteiger charge is 2.05. The van der Waals surface area contributed by atoms with E-state index in [0.717, 1.165) is 39.0 Å². The zero-order valence-corrected chi connectivity index (χ0v) is 8.29. The number of hydrogen-bond acceptors (Lipinski definition) is 3. The highest BCUT2D eigenvalue weighted by Crippen LogP contribution is 1.95. The minimum Gasteiger partial charge on any atom is -0.392 e. The standard InChI is InChI=1S/C9H22N2O/c1-3-6-11(7-4-5-10)8-9(2)12/h9,12H,3-8,10H2,1-2H3. The van der Waals surface area contributed by atoms with Gasteiger partial charge in [-0.15, -0.1) is 0 Å². The monoisotopic (exact) mass is 174 g/mol. The smallest absolute Gasteiger partial charge is 0.0639 e. The molecule has 0 rings (SSSR count). The van der Waals surface area contributed by atoms with E-state index in [1.54, 1.807) is 0 Å². The summed E-state index contributed by atoms with van der Waals surface area (Å²) in [4.78, 5) is 2.26. The van der Waals surface area contributed by atoms with Crippen molar-refractivity contribution in [2.24, 2.45) is 5.73 Å². The van der Waals surface area contributed by atoms with Crippen molar-refractivity contribution in [2.75, 3.05) is 26.2 Å². The van der Waals surface area contributed by atoms with Crippen molar-refractivity contribution in [2.45, 2.75) is 32.8 Å². The molecule has 0 aromatic rings. The van der Waals surface area contributed by atoms with Gasteiger partial charge >= 0.3 is 0 Å². The normalized spacial score (nSPS) is 13.8. The summed E-state index contributed by atoms with van der Waals surface area (Å²) in [6.07, 6.45) is 1.93. The summed E-state index contributed by atoms with van der Waals surface area (Å²) in [5.41, 5.74) is 5.41. The largest absolute Gasteiger partial charge is 0.392 e. The molecule has 1 atom stereocenters. The number of rotatable bonds is 7. The Hall–Kier alpha value is -0.120. The molecule has 0 amide bonds. The van der Waals surface area contributed by atoms with E-state index < -0.39 is 0 Å². The fourth-order valence-corrected chi connectivity index (χ4v) is 1.30. The maximum absolute atomic E-state index is 9.18. The third-order valence-electron chi connectivity index (χ3n) is 1.74. The maximum atomic E-state index is 9.18. The minimum absolute atomic E-state index is 0.227. The van der Waals surface area contributed by atoms with Crippen molar-refractivity contribution >= 4 is 0 Å². The van der Waals surface area contributed by atoms with E-state index in [1.807, 2.05) is 6.92 Å². The highest BCUT2D eigenvalue weighted by atomic mass is 16.3. The fourth-order valence-electron chi connectivity index (χ4n) is 1.30. The fraction of sp³-hybridized carbons (Fsp3) is 1.00. The van der Waals surface area contributed by atoms with Crippen LogP contribution < -0.4 is 5.73 Å². The Morgan fingerprint density at radius 1 is 1.42 bits per heavy atom. The second-order valence-corrected chi connectivity index (χ2v) is 3.29. The van der Waals surface area contributed by atoms with E-state index >= 15 is 0 Å². The van der Waals surface area contributed by atoms with Gasteiger partial charge in [-0.25, -0.2) is 0 Å². The van der Waals surface area contributed by atoms with Crippen LogP contribution in [0.2, 0.25) is 0 Å². The maximum Gasteiger partial charge on any atom is 0.0639 e. The number of nitrogens with zero attached hydrogens (tertiary/aromatic N) is 1. The molecule has 0 bridgehead atoms. The van der Waals surface area contributed by atoms with Crippen LogP contribution in [0.1, 0.15) is 26.7 Å². The summed E-state index contributed by atoms with van der Waals surface area (Å²) < 4.78 is 0. The van der Waals surface area contributed by atoms with Gasteiger partial charge in [0.2, 0.25) is 0 Å². The van der Waals surface area contributed by atoms with Gasteiger partial charge in [0.05, 0.1) is 6.10 Å². The van der Waals surface area contributed by atoms with Crippen molar-refractivity contribution in [3.8, 4) is 0 Å². The van der Waals surface area contributed by atoms with Gasteiger partial charge in [0.1, 0.15) is 0 Å². The van der Waals surface area contributed by atoms with E-state index in [4.69, 9.17) is 5.73 Å². The molecule has 0 aliphatic carbocycles. The van der Waals surface area contributed by atoms with Crippen LogP contribution in [-0.4, -0.2) is 42.3 Å². The van der Waals surface area contributed by atoms with E-state index in [2.05, 4.69) is 11.8 Å². The van der Waals surface area contributed by atoms with Crippen LogP contribution in [0.3, 0.4) is 0 Å². The summed E-state index contributed by atoms with van der Waals surface area (Å²) in [6.45, 7) is 7.55. The minimum atomic E-state index is -0.227. The van der Waals surface area contributed by atoms with Crippen LogP contribution in [0, 0.1) is 0 Å². The number of aliphatic hydroxyl groups is 1. The first kappa shape index (κ1) is 11.9. The molecule has 0 radical (unpaired) electrons. The van der Waals surface area contributed by atoms with Crippen molar-refractivity contribution in [1.82, 2.24) is 4.90 Å². The lowest BCUT2D eigenvalue weighted by Crippen LogP contribution is -2.33. The Balaban J connectivity index is 3.54. The average molecular weight is 174 g/mol. The molecule has 0 aromatic heterocycles. The van der Waals surface area contributed by atoms with Crippen LogP contribution in [-0.2, 0) is 0 Å². The SMILES string of the molecule is CCCN(CCCN)CC(C)O. The first-order valence-corrected chi connectivity index (χ1v) is 4.81. The molecule has 0 saturated carbocycles. The summed E-state index contributed by atoms with van der Waals surface area (Å²) in [6, 6.07) is 0. The molecule has 12 heavy (non-hydrogen) atoms. The third-order valence-corrected chi connectivity index (χ3v) is 1.74. The molecular formula is C9H22N2O. The third kappa shape index (κ3) is 6.58. The van der Waals surface area contributed by atoms with Gasteiger partial charge in [-0.2, -0.15) is 0 Å². The number of nitrogens with two attached hydrogens (primary N) is 1. The quantitative estimate of drug-likeness (QED) is 0.588. The Kier molecular flexibility index (Phi) is 7.45. The Morgan fingerprint density at radius 2 is 2.08 bits per heavy atom. The van der Waals surface area contributed by atoms with Gasteiger partial charge in [0.15, 0.2) is 0 Å². The summed E-state index contributed by atoms with van der Waals surface area (Å²) in [5.74, 6) is 0. The molecule has 1 unspecified atom stereocenters. The van der Waals surface area contributed by atoms with Gasteiger partial charge < -0.3 is 15.7 Å². The van der Waals surface area contributed by atoms with E-state index in [1.165, 1.54) is 0 Å². The van der Waals surface area contributed by atoms with E-state index in [9.17, 15) is 5.11 Å². The van der Waals surface area contributed by atoms with Crippen molar-refractivity contribution in [3.05, 3.63) is 0 Å². The Bertz CT molecular complexity index is 96.5. The predicted molar refractivity (Wildman–Crippen MR) is 52.1 cm³/mol. The average Bonchev–Trinajstić information content (AvgIpc) is 2.00. The molecule has 0 heterocycles. The summed E-state index contributed by atoms with van der Waals surface area (Å²) >= 11 is 0. The molecule has 0 aromatic carbocycles. The van der Waals surface area contributed by atoms with Crippen molar-refractivity contribution in [3.63, 3.8) is 0 Å². The van der Waals surface area contributed by atoms with E-state index in [-0.39, 0.29) is 6.10 Å². The second-order valence-electron chi connectivity index (χ2n) is 3.29. The lowest BCUT2D eigenvalue weighted by atomic mass is 10.3. The molecule has 3 nitrogen and oxygen atoms in total. The van der Waals surface area contributed by atoms with Gasteiger partial charge in [0, 0.05) is 6.54 Å². The highest BCUT2D eigenvalue weighted by molar-refractivity contribution is 4.60. The molecule has 0 fully saturated rings. The van der Waals surface area contributed by atoms with E-state index in [0.29, 0.717) is 0 Å². The lowest BCUT2D eigenvalue weighted by molar-refractivity contribution is 0.126. The number of hydrogen-bond donors (Lipinski definition) is 2. The molecule has 3 N–H and O–H groups in total. The van der Waals surface area contributed by atoms with Crippen LogP contribution in [0.15, 0.2) is 0 Å². The first-order chi connectivity index (χ1) is 5.70. The molecule has 74 valence electrons. The molecule has 0 aliphatic heterocycles. The topological polar surface area (TPSA) is 49.5 Å². The predicted octanol–water partition coefficient (Wildman–Crippen LogP) is 0.428. The van der Waals surface area contributed by atoms with Crippen LogP contribution in [0.5, 0.6) is 0 Å². The van der Waals surface area contributed by atoms with Crippen molar-refractivity contribution in [1.29, 1.82) is 0 Å². The molecular weight excluding hydrogens is 152 g/mol. The zero-order chi connectivity index (χ0) is 9.40. The van der Waals surface area contributed by atoms with Gasteiger partial charge in [0.25, 0.3) is 0 Å². The van der Waals surface area contributed by atoms with Crippen LogP contribution >= 0.6 is 0 Å². The molecule has 0 spiro atoms. The zero-order valence-electron chi connectivity index (χ0n) is 8.29. The van der Waals surface area contributed by atoms with Crippen LogP contribution in [0.4, 0.5) is 0 Å².